The maximum Gasteiger partial charge on any atom is 0.128 e. The van der Waals surface area contributed by atoms with Gasteiger partial charge in [-0.05, 0) is 42.3 Å². The summed E-state index contributed by atoms with van der Waals surface area (Å²) in [6, 6.07) is 12.1. The highest BCUT2D eigenvalue weighted by molar-refractivity contribution is 6.31. The standard InChI is InChI=1S/C17H22ClN3/c1-3-9-19-12-14-8-10-20-17(11-14)21(2)13-15-6-4-5-7-16(15)18/h4-8,10-11,19H,3,9,12-13H2,1-2H3. The Morgan fingerprint density at radius 3 is 2.81 bits per heavy atom. The molecule has 0 amide bonds. The van der Waals surface area contributed by atoms with Crippen LogP contribution in [0.25, 0.3) is 0 Å². The van der Waals surface area contributed by atoms with Crippen molar-refractivity contribution in [3.05, 3.63) is 58.7 Å². The van der Waals surface area contributed by atoms with Gasteiger partial charge in [-0.15, -0.1) is 0 Å². The first-order valence-electron chi connectivity index (χ1n) is 7.31. The summed E-state index contributed by atoms with van der Waals surface area (Å²) >= 11 is 6.21. The number of hydrogen-bond acceptors (Lipinski definition) is 3. The average Bonchev–Trinajstić information content (AvgIpc) is 2.50. The molecule has 0 radical (unpaired) electrons. The van der Waals surface area contributed by atoms with Crippen molar-refractivity contribution in [1.82, 2.24) is 10.3 Å². The van der Waals surface area contributed by atoms with E-state index < -0.39 is 0 Å². The van der Waals surface area contributed by atoms with E-state index >= 15 is 0 Å². The van der Waals surface area contributed by atoms with Gasteiger partial charge >= 0.3 is 0 Å². The summed E-state index contributed by atoms with van der Waals surface area (Å²) in [4.78, 5) is 6.56. The van der Waals surface area contributed by atoms with Crippen LogP contribution in [0.3, 0.4) is 0 Å². The third-order valence-electron chi connectivity index (χ3n) is 3.32. The molecule has 112 valence electrons. The fourth-order valence-corrected chi connectivity index (χ4v) is 2.35. The molecule has 0 saturated carbocycles. The van der Waals surface area contributed by atoms with Crippen LogP contribution < -0.4 is 10.2 Å². The molecule has 0 fully saturated rings. The topological polar surface area (TPSA) is 28.2 Å². The van der Waals surface area contributed by atoms with Crippen molar-refractivity contribution in [2.45, 2.75) is 26.4 Å². The van der Waals surface area contributed by atoms with Crippen molar-refractivity contribution in [2.24, 2.45) is 0 Å². The number of nitrogens with zero attached hydrogens (tertiary/aromatic N) is 2. The van der Waals surface area contributed by atoms with E-state index in [1.54, 1.807) is 0 Å². The van der Waals surface area contributed by atoms with Crippen molar-refractivity contribution >= 4 is 17.4 Å². The number of benzene rings is 1. The van der Waals surface area contributed by atoms with Gasteiger partial charge in [0.05, 0.1) is 0 Å². The lowest BCUT2D eigenvalue weighted by molar-refractivity contribution is 0.674. The second-order valence-electron chi connectivity index (χ2n) is 5.15. The minimum atomic E-state index is 0.749. The first-order valence-corrected chi connectivity index (χ1v) is 7.68. The molecule has 2 aromatic rings. The van der Waals surface area contributed by atoms with E-state index in [9.17, 15) is 0 Å². The molecule has 0 aliphatic carbocycles. The molecular formula is C17H22ClN3. The fourth-order valence-electron chi connectivity index (χ4n) is 2.15. The number of nitrogens with one attached hydrogen (secondary N) is 1. The maximum absolute atomic E-state index is 6.21. The maximum atomic E-state index is 6.21. The lowest BCUT2D eigenvalue weighted by Gasteiger charge is -2.19. The molecule has 0 spiro atoms. The molecule has 0 saturated heterocycles. The summed E-state index contributed by atoms with van der Waals surface area (Å²) in [5.41, 5.74) is 2.36. The normalized spacial score (nSPS) is 10.6. The van der Waals surface area contributed by atoms with E-state index in [0.717, 1.165) is 42.5 Å². The van der Waals surface area contributed by atoms with Crippen molar-refractivity contribution in [1.29, 1.82) is 0 Å². The van der Waals surface area contributed by atoms with Gasteiger partial charge in [0, 0.05) is 31.4 Å². The van der Waals surface area contributed by atoms with Crippen molar-refractivity contribution in [2.75, 3.05) is 18.5 Å². The van der Waals surface area contributed by atoms with Crippen molar-refractivity contribution in [3.8, 4) is 0 Å². The Labute approximate surface area is 132 Å². The Morgan fingerprint density at radius 1 is 1.24 bits per heavy atom. The van der Waals surface area contributed by atoms with Crippen LogP contribution in [0.4, 0.5) is 5.82 Å². The molecule has 0 aliphatic heterocycles. The zero-order valence-corrected chi connectivity index (χ0v) is 13.4. The van der Waals surface area contributed by atoms with Crippen LogP contribution in [0.2, 0.25) is 5.02 Å². The largest absolute Gasteiger partial charge is 0.355 e. The van der Waals surface area contributed by atoms with Gasteiger partial charge < -0.3 is 10.2 Å². The van der Waals surface area contributed by atoms with E-state index in [0.29, 0.717) is 0 Å². The first kappa shape index (κ1) is 15.8. The van der Waals surface area contributed by atoms with E-state index in [-0.39, 0.29) is 0 Å². The van der Waals surface area contributed by atoms with E-state index in [4.69, 9.17) is 11.6 Å². The molecule has 1 heterocycles. The highest BCUT2D eigenvalue weighted by Gasteiger charge is 2.07. The van der Waals surface area contributed by atoms with Crippen LogP contribution >= 0.6 is 11.6 Å². The van der Waals surface area contributed by atoms with Gasteiger partial charge in [-0.3, -0.25) is 0 Å². The number of rotatable bonds is 7. The summed E-state index contributed by atoms with van der Waals surface area (Å²) in [6.07, 6.45) is 3.01. The van der Waals surface area contributed by atoms with Crippen LogP contribution in [-0.4, -0.2) is 18.6 Å². The van der Waals surface area contributed by atoms with Crippen molar-refractivity contribution in [3.63, 3.8) is 0 Å². The zero-order chi connectivity index (χ0) is 15.1. The molecule has 0 aliphatic rings. The number of pyridine rings is 1. The Morgan fingerprint density at radius 2 is 2.05 bits per heavy atom. The highest BCUT2D eigenvalue weighted by atomic mass is 35.5. The van der Waals surface area contributed by atoms with E-state index in [1.165, 1.54) is 5.56 Å². The summed E-state index contributed by atoms with van der Waals surface area (Å²) in [5, 5.41) is 4.21. The molecule has 0 atom stereocenters. The monoisotopic (exact) mass is 303 g/mol. The number of aromatic nitrogens is 1. The van der Waals surface area contributed by atoms with Crippen LogP contribution in [-0.2, 0) is 13.1 Å². The third kappa shape index (κ3) is 4.73. The first-order chi connectivity index (χ1) is 10.2. The Kier molecular flexibility index (Phi) is 6.03. The smallest absolute Gasteiger partial charge is 0.128 e. The summed E-state index contributed by atoms with van der Waals surface area (Å²) < 4.78 is 0. The van der Waals surface area contributed by atoms with Crippen LogP contribution in [0.5, 0.6) is 0 Å². The molecule has 0 unspecified atom stereocenters. The lowest BCUT2D eigenvalue weighted by Crippen LogP contribution is -2.19. The summed E-state index contributed by atoms with van der Waals surface area (Å²) in [6.45, 7) is 4.83. The molecule has 4 heteroatoms. The molecule has 1 aromatic carbocycles. The van der Waals surface area contributed by atoms with E-state index in [1.807, 2.05) is 37.5 Å². The fraction of sp³-hybridized carbons (Fsp3) is 0.353. The number of halogens is 1. The Bertz CT molecular complexity index is 571. The van der Waals surface area contributed by atoms with Gasteiger partial charge in [0.25, 0.3) is 0 Å². The average molecular weight is 304 g/mol. The number of hydrogen-bond donors (Lipinski definition) is 1. The van der Waals surface area contributed by atoms with E-state index in [2.05, 4.69) is 34.3 Å². The predicted octanol–water partition coefficient (Wildman–Crippen LogP) is 3.87. The van der Waals surface area contributed by atoms with Crippen molar-refractivity contribution < 1.29 is 0 Å². The van der Waals surface area contributed by atoms with Gasteiger partial charge in [0.15, 0.2) is 0 Å². The molecule has 2 rings (SSSR count). The summed E-state index contributed by atoms with van der Waals surface area (Å²) in [7, 11) is 2.04. The second kappa shape index (κ2) is 8.01. The third-order valence-corrected chi connectivity index (χ3v) is 3.69. The SMILES string of the molecule is CCCNCc1ccnc(N(C)Cc2ccccc2Cl)c1. The predicted molar refractivity (Wildman–Crippen MR) is 89.8 cm³/mol. The van der Waals surface area contributed by atoms with Gasteiger partial charge in [0.2, 0.25) is 0 Å². The second-order valence-corrected chi connectivity index (χ2v) is 5.55. The number of anilines is 1. The van der Waals surface area contributed by atoms with Gasteiger partial charge in [-0.25, -0.2) is 4.98 Å². The molecule has 1 aromatic heterocycles. The summed E-state index contributed by atoms with van der Waals surface area (Å²) in [5.74, 6) is 0.964. The van der Waals surface area contributed by atoms with Crippen LogP contribution in [0.15, 0.2) is 42.6 Å². The molecule has 0 bridgehead atoms. The minimum Gasteiger partial charge on any atom is -0.355 e. The van der Waals surface area contributed by atoms with Gasteiger partial charge in [-0.2, -0.15) is 0 Å². The highest BCUT2D eigenvalue weighted by Crippen LogP contribution is 2.19. The molecule has 21 heavy (non-hydrogen) atoms. The molecular weight excluding hydrogens is 282 g/mol. The quantitative estimate of drug-likeness (QED) is 0.787. The zero-order valence-electron chi connectivity index (χ0n) is 12.6. The lowest BCUT2D eigenvalue weighted by atomic mass is 10.2. The van der Waals surface area contributed by atoms with Crippen LogP contribution in [0.1, 0.15) is 24.5 Å². The Hall–Kier alpha value is -1.58. The molecule has 1 N–H and O–H groups in total. The Balaban J connectivity index is 2.03. The van der Waals surface area contributed by atoms with Crippen LogP contribution in [0, 0.1) is 0 Å². The molecule has 3 nitrogen and oxygen atoms in total. The van der Waals surface area contributed by atoms with Gasteiger partial charge in [-0.1, -0.05) is 36.7 Å². The van der Waals surface area contributed by atoms with Gasteiger partial charge in [0.1, 0.15) is 5.82 Å². The minimum absolute atomic E-state index is 0.749.